The molecular formula is C63H82O21. The Morgan fingerprint density at radius 3 is 1.17 bits per heavy atom. The third-order valence-corrected chi connectivity index (χ3v) is 15.4. The number of methoxy groups -OCH3 is 2. The van der Waals surface area contributed by atoms with Gasteiger partial charge in [-0.05, 0) is 166 Å². The fourth-order valence-corrected chi connectivity index (χ4v) is 9.95. The average molecular weight is 1180 g/mol. The first-order chi connectivity index (χ1) is 40.4. The number of ketones is 1. The minimum absolute atomic E-state index is 0.00332. The van der Waals surface area contributed by atoms with Crippen LogP contribution >= 0.6 is 0 Å². The van der Waals surface area contributed by atoms with Crippen LogP contribution < -0.4 is 18.9 Å². The van der Waals surface area contributed by atoms with Crippen molar-refractivity contribution < 1.29 is 100 Å². The lowest BCUT2D eigenvalue weighted by molar-refractivity contribution is -0.152. The van der Waals surface area contributed by atoms with E-state index in [1.54, 1.807) is 7.11 Å². The number of rotatable bonds is 33. The van der Waals surface area contributed by atoms with Crippen molar-refractivity contribution in [1.29, 1.82) is 0 Å². The lowest BCUT2D eigenvalue weighted by Crippen LogP contribution is -2.30. The molecule has 21 nitrogen and oxygen atoms in total. The summed E-state index contributed by atoms with van der Waals surface area (Å²) >= 11 is 0. The number of Topliss-reactive ketones (excluding diaryl/α,β-unsaturated/α-hetero) is 1. The smallest absolute Gasteiger partial charge is 0.342 e. The highest BCUT2D eigenvalue weighted by Crippen LogP contribution is 2.37. The summed E-state index contributed by atoms with van der Waals surface area (Å²) in [6.07, 6.45) is 9.65. The third-order valence-electron chi connectivity index (χ3n) is 15.4. The molecule has 3 aliphatic carbocycles. The molecule has 0 spiro atoms. The average Bonchev–Trinajstić information content (AvgIpc) is 3.65. The standard InChI is InChI=1S/C63H82O21/c1-7-55(65)76-33-9-11-35-78-57(67)42-16-20-46(21-17-42)61(71)83-53-30-28-48(38-50(53)52(64)15-13-14-40(3)74-5)81-59(69)44-24-26-45(27-25-44)60(70)82-49-29-31-54(51(39-49)63(73)80-37-32-41(4)75-6)84-62(72)47-22-18-43(19-23-47)58(68)79-36-12-10-34-77-56(66)8-2/h7-8,28-31,38-47H,1-2,9-27,32-37H2,3-6H3. The number of ether oxygens (including phenoxy) is 11. The molecule has 3 saturated carbocycles. The highest BCUT2D eigenvalue weighted by molar-refractivity contribution is 6.00. The number of esters is 9. The molecule has 0 bridgehead atoms. The summed E-state index contributed by atoms with van der Waals surface area (Å²) in [5, 5.41) is 0. The van der Waals surface area contributed by atoms with Crippen molar-refractivity contribution in [2.24, 2.45) is 35.5 Å². The molecule has 3 aliphatic rings. The first-order valence-electron chi connectivity index (χ1n) is 29.3. The van der Waals surface area contributed by atoms with Crippen LogP contribution in [0.1, 0.15) is 163 Å². The zero-order valence-corrected chi connectivity index (χ0v) is 48.9. The lowest BCUT2D eigenvalue weighted by Gasteiger charge is -2.26. The monoisotopic (exact) mass is 1170 g/mol. The van der Waals surface area contributed by atoms with Crippen LogP contribution in [0.4, 0.5) is 0 Å². The zero-order valence-electron chi connectivity index (χ0n) is 48.9. The van der Waals surface area contributed by atoms with E-state index < -0.39 is 71.4 Å². The van der Waals surface area contributed by atoms with Gasteiger partial charge in [0, 0.05) is 39.2 Å². The summed E-state index contributed by atoms with van der Waals surface area (Å²) in [5.74, 6) is -8.28. The molecular weight excluding hydrogens is 1090 g/mol. The fourth-order valence-electron chi connectivity index (χ4n) is 9.95. The van der Waals surface area contributed by atoms with E-state index in [2.05, 4.69) is 13.2 Å². The van der Waals surface area contributed by atoms with Gasteiger partial charge < -0.3 is 52.1 Å². The van der Waals surface area contributed by atoms with Crippen LogP contribution in [0.25, 0.3) is 0 Å². The normalized spacial score (nSPS) is 20.0. The Hall–Kier alpha value is -7.26. The maximum atomic E-state index is 13.7. The Kier molecular flexibility index (Phi) is 28.8. The van der Waals surface area contributed by atoms with Crippen molar-refractivity contribution in [3.8, 4) is 23.0 Å². The van der Waals surface area contributed by atoms with E-state index in [-0.39, 0.29) is 135 Å². The molecule has 0 saturated heterocycles. The first-order valence-corrected chi connectivity index (χ1v) is 29.3. The van der Waals surface area contributed by atoms with Gasteiger partial charge in [-0.25, -0.2) is 14.4 Å². The third kappa shape index (κ3) is 22.4. The molecule has 2 aromatic rings. The van der Waals surface area contributed by atoms with Crippen LogP contribution in [0, 0.1) is 35.5 Å². The van der Waals surface area contributed by atoms with E-state index in [0.717, 1.165) is 12.2 Å². The second kappa shape index (κ2) is 35.8. The van der Waals surface area contributed by atoms with Crippen LogP contribution in [0.5, 0.6) is 23.0 Å². The van der Waals surface area contributed by atoms with Crippen molar-refractivity contribution in [3.05, 3.63) is 72.8 Å². The van der Waals surface area contributed by atoms with Crippen molar-refractivity contribution >= 4 is 59.5 Å². The largest absolute Gasteiger partial charge is 0.465 e. The van der Waals surface area contributed by atoms with Crippen molar-refractivity contribution in [2.75, 3.05) is 47.3 Å². The van der Waals surface area contributed by atoms with Gasteiger partial charge in [-0.2, -0.15) is 0 Å². The van der Waals surface area contributed by atoms with Gasteiger partial charge in [0.1, 0.15) is 28.6 Å². The molecule has 84 heavy (non-hydrogen) atoms. The van der Waals surface area contributed by atoms with Crippen molar-refractivity contribution in [3.63, 3.8) is 0 Å². The lowest BCUT2D eigenvalue weighted by atomic mass is 9.82. The number of unbranched alkanes of at least 4 members (excludes halogenated alkanes) is 2. The zero-order chi connectivity index (χ0) is 61.0. The molecule has 2 aromatic carbocycles. The van der Waals surface area contributed by atoms with E-state index in [9.17, 15) is 47.9 Å². The summed E-state index contributed by atoms with van der Waals surface area (Å²) < 4.78 is 60.1. The Morgan fingerprint density at radius 2 is 0.774 bits per heavy atom. The highest BCUT2D eigenvalue weighted by Gasteiger charge is 2.36. The number of carbonyl (C=O) groups excluding carboxylic acids is 10. The van der Waals surface area contributed by atoms with Crippen LogP contribution in [-0.4, -0.2) is 119 Å². The minimum Gasteiger partial charge on any atom is -0.465 e. The van der Waals surface area contributed by atoms with Crippen LogP contribution in [-0.2, 0) is 71.5 Å². The van der Waals surface area contributed by atoms with Gasteiger partial charge in [-0.1, -0.05) is 13.2 Å². The van der Waals surface area contributed by atoms with Gasteiger partial charge in [0.05, 0.1) is 86.3 Å². The maximum absolute atomic E-state index is 13.7. The molecule has 5 rings (SSSR count). The summed E-state index contributed by atoms with van der Waals surface area (Å²) in [4.78, 5) is 129. The molecule has 2 unspecified atom stereocenters. The van der Waals surface area contributed by atoms with Crippen LogP contribution in [0.3, 0.4) is 0 Å². The highest BCUT2D eigenvalue weighted by atomic mass is 16.6. The second-order valence-corrected chi connectivity index (χ2v) is 21.5. The SMILES string of the molecule is C=CC(=O)OCCCCOC(=O)C1CCC(C(=O)Oc2ccc(OC(=O)C3CCC(C(=O)Oc4ccc(OC(=O)C5CCC(C(=O)OCCCCOC(=O)C=C)CC5)c(C(=O)OCCC(C)OC)c4)CC3)cc2C(=O)CCCC(C)OC)CC1. The first kappa shape index (κ1) is 67.5. The van der Waals surface area contributed by atoms with Gasteiger partial charge in [-0.15, -0.1) is 0 Å². The van der Waals surface area contributed by atoms with Gasteiger partial charge in [-0.3, -0.25) is 33.6 Å². The Bertz CT molecular complexity index is 2410. The quantitative estimate of drug-likeness (QED) is 0.0161. The topological polar surface area (TPSA) is 272 Å². The molecule has 2 atom stereocenters. The molecule has 21 heteroatoms. The van der Waals surface area contributed by atoms with Crippen molar-refractivity contribution in [2.45, 2.75) is 154 Å². The van der Waals surface area contributed by atoms with E-state index in [0.29, 0.717) is 96.3 Å². The maximum Gasteiger partial charge on any atom is 0.342 e. The summed E-state index contributed by atoms with van der Waals surface area (Å²) in [5.41, 5.74) is -0.0750. The fraction of sp³-hybridized carbons (Fsp3) is 0.587. The molecule has 0 amide bonds. The number of benzene rings is 2. The molecule has 0 radical (unpaired) electrons. The van der Waals surface area contributed by atoms with Crippen molar-refractivity contribution in [1.82, 2.24) is 0 Å². The Labute approximate surface area is 491 Å². The van der Waals surface area contributed by atoms with Gasteiger partial charge >= 0.3 is 53.7 Å². The van der Waals surface area contributed by atoms with Crippen LogP contribution in [0.2, 0.25) is 0 Å². The Morgan fingerprint density at radius 1 is 0.429 bits per heavy atom. The second-order valence-electron chi connectivity index (χ2n) is 21.5. The molecule has 0 N–H and O–H groups in total. The minimum atomic E-state index is -0.820. The van der Waals surface area contributed by atoms with E-state index in [4.69, 9.17) is 52.1 Å². The summed E-state index contributed by atoms with van der Waals surface area (Å²) in [7, 11) is 3.11. The summed E-state index contributed by atoms with van der Waals surface area (Å²) in [6.45, 7) is 11.1. The van der Waals surface area contributed by atoms with E-state index >= 15 is 0 Å². The molecule has 3 fully saturated rings. The number of hydrogen-bond acceptors (Lipinski definition) is 21. The Balaban J connectivity index is 1.14. The van der Waals surface area contributed by atoms with E-state index in [1.807, 2.05) is 13.8 Å². The van der Waals surface area contributed by atoms with Gasteiger partial charge in [0.15, 0.2) is 5.78 Å². The predicted molar refractivity (Wildman–Crippen MR) is 300 cm³/mol. The molecule has 0 aromatic heterocycles. The van der Waals surface area contributed by atoms with Gasteiger partial charge in [0.2, 0.25) is 0 Å². The number of carbonyl (C=O) groups is 10. The summed E-state index contributed by atoms with van der Waals surface area (Å²) in [6, 6.07) is 8.31. The molecule has 460 valence electrons. The predicted octanol–water partition coefficient (Wildman–Crippen LogP) is 9.50. The molecule has 0 aliphatic heterocycles. The van der Waals surface area contributed by atoms with E-state index in [1.165, 1.54) is 43.5 Å². The number of hydrogen-bond donors (Lipinski definition) is 0. The van der Waals surface area contributed by atoms with Gasteiger partial charge in [0.25, 0.3) is 0 Å². The van der Waals surface area contributed by atoms with Crippen LogP contribution in [0.15, 0.2) is 61.7 Å². The molecule has 0 heterocycles.